The van der Waals surface area contributed by atoms with Gasteiger partial charge in [-0.1, -0.05) is 23.2 Å². The van der Waals surface area contributed by atoms with Gasteiger partial charge in [0.2, 0.25) is 0 Å². The fraction of sp³-hybridized carbons (Fsp3) is 0.529. The Balaban J connectivity index is 2.19. The summed E-state index contributed by atoms with van der Waals surface area (Å²) >= 11 is 11.9. The van der Waals surface area contributed by atoms with E-state index in [-0.39, 0.29) is 11.4 Å². The highest BCUT2D eigenvalue weighted by atomic mass is 35.5. The van der Waals surface area contributed by atoms with Crippen LogP contribution in [0.15, 0.2) is 24.1 Å². The Morgan fingerprint density at radius 3 is 2.33 bits per heavy atom. The summed E-state index contributed by atoms with van der Waals surface area (Å²) in [5, 5.41) is 9.94. The molecular weight excluding hydrogens is 353 g/mol. The molecule has 0 aliphatic rings. The number of benzene rings is 1. The van der Waals surface area contributed by atoms with Gasteiger partial charge in [-0.2, -0.15) is 0 Å². The maximum absolute atomic E-state index is 9.35. The molecule has 0 aliphatic heterocycles. The summed E-state index contributed by atoms with van der Waals surface area (Å²) in [4.78, 5) is 5.41. The van der Waals surface area contributed by atoms with Crippen LogP contribution < -0.4 is 10.2 Å². The Morgan fingerprint density at radius 1 is 1.17 bits per heavy atom. The van der Waals surface area contributed by atoms with Gasteiger partial charge >= 0.3 is 0 Å². The SMILES string of the molecule is CC(=COCCCCOc1c(Cl)cc(O)cc1Cl)NOC(C)(C)C. The smallest absolute Gasteiger partial charge is 0.156 e. The number of hydrogen-bond donors (Lipinski definition) is 2. The molecule has 0 saturated carbocycles. The highest BCUT2D eigenvalue weighted by Gasteiger charge is 2.10. The summed E-state index contributed by atoms with van der Waals surface area (Å²) < 4.78 is 11.0. The largest absolute Gasteiger partial charge is 0.508 e. The van der Waals surface area contributed by atoms with Gasteiger partial charge in [0.15, 0.2) is 5.75 Å². The van der Waals surface area contributed by atoms with Crippen molar-refractivity contribution < 1.29 is 19.4 Å². The molecule has 0 aliphatic carbocycles. The molecule has 0 bridgehead atoms. The lowest BCUT2D eigenvalue weighted by atomic mass is 10.2. The van der Waals surface area contributed by atoms with E-state index in [0.29, 0.717) is 29.0 Å². The van der Waals surface area contributed by atoms with Gasteiger partial charge in [0.1, 0.15) is 12.0 Å². The van der Waals surface area contributed by atoms with Gasteiger partial charge in [-0.15, -0.1) is 0 Å². The van der Waals surface area contributed by atoms with E-state index >= 15 is 0 Å². The molecule has 0 atom stereocenters. The van der Waals surface area contributed by atoms with Crippen molar-refractivity contribution in [3.8, 4) is 11.5 Å². The van der Waals surface area contributed by atoms with Crippen molar-refractivity contribution in [3.05, 3.63) is 34.1 Å². The number of aromatic hydroxyl groups is 1. The maximum Gasteiger partial charge on any atom is 0.156 e. The van der Waals surface area contributed by atoms with Crippen LogP contribution in [0.4, 0.5) is 0 Å². The first-order chi connectivity index (χ1) is 11.2. The Bertz CT molecular complexity index is 533. The topological polar surface area (TPSA) is 60.0 Å². The van der Waals surface area contributed by atoms with Crippen molar-refractivity contribution in [2.45, 2.75) is 46.1 Å². The molecule has 2 N–H and O–H groups in total. The Labute approximate surface area is 153 Å². The molecular formula is C17H25Cl2NO4. The lowest BCUT2D eigenvalue weighted by Crippen LogP contribution is -2.28. The molecule has 7 heteroatoms. The number of halogens is 2. The van der Waals surface area contributed by atoms with Crippen LogP contribution in [0.1, 0.15) is 40.5 Å². The van der Waals surface area contributed by atoms with Gasteiger partial charge in [0.05, 0.1) is 34.6 Å². The first-order valence-corrected chi connectivity index (χ1v) is 8.48. The molecule has 1 rings (SSSR count). The zero-order valence-electron chi connectivity index (χ0n) is 14.5. The monoisotopic (exact) mass is 377 g/mol. The average Bonchev–Trinajstić information content (AvgIpc) is 2.45. The third kappa shape index (κ3) is 8.52. The Morgan fingerprint density at radius 2 is 1.75 bits per heavy atom. The summed E-state index contributed by atoms with van der Waals surface area (Å²) in [6, 6.07) is 2.79. The van der Waals surface area contributed by atoms with Crippen LogP contribution in [0.2, 0.25) is 10.0 Å². The van der Waals surface area contributed by atoms with Gasteiger partial charge in [0.25, 0.3) is 0 Å². The van der Waals surface area contributed by atoms with Gasteiger partial charge in [-0.25, -0.2) is 0 Å². The Hall–Kier alpha value is -1.30. The number of nitrogens with one attached hydrogen (secondary N) is 1. The fourth-order valence-electron chi connectivity index (χ4n) is 1.59. The second-order valence-corrected chi connectivity index (χ2v) is 7.10. The lowest BCUT2D eigenvalue weighted by Gasteiger charge is -2.19. The number of rotatable bonds is 9. The number of unbranched alkanes of at least 4 members (excludes halogenated alkanes) is 1. The summed E-state index contributed by atoms with van der Waals surface area (Å²) in [7, 11) is 0. The van der Waals surface area contributed by atoms with Crippen molar-refractivity contribution in [2.24, 2.45) is 0 Å². The van der Waals surface area contributed by atoms with Crippen molar-refractivity contribution >= 4 is 23.2 Å². The van der Waals surface area contributed by atoms with Crippen LogP contribution in [0.25, 0.3) is 0 Å². The zero-order chi connectivity index (χ0) is 18.2. The van der Waals surface area contributed by atoms with E-state index < -0.39 is 0 Å². The van der Waals surface area contributed by atoms with E-state index in [4.69, 9.17) is 37.5 Å². The molecule has 0 fully saturated rings. The highest BCUT2D eigenvalue weighted by molar-refractivity contribution is 6.37. The molecule has 0 amide bonds. The second kappa shape index (κ2) is 9.87. The number of ether oxygens (including phenoxy) is 2. The number of allylic oxidation sites excluding steroid dienone is 1. The van der Waals surface area contributed by atoms with E-state index in [1.165, 1.54) is 12.1 Å². The fourth-order valence-corrected chi connectivity index (χ4v) is 2.17. The first kappa shape index (κ1) is 20.7. The highest BCUT2D eigenvalue weighted by Crippen LogP contribution is 2.36. The predicted molar refractivity (Wildman–Crippen MR) is 96.5 cm³/mol. The van der Waals surface area contributed by atoms with Gasteiger partial charge in [0, 0.05) is 12.1 Å². The van der Waals surface area contributed by atoms with Crippen LogP contribution in [0.3, 0.4) is 0 Å². The second-order valence-electron chi connectivity index (χ2n) is 6.28. The third-order valence-corrected chi connectivity index (χ3v) is 3.23. The molecule has 0 saturated heterocycles. The molecule has 1 aromatic rings. The number of hydrogen-bond acceptors (Lipinski definition) is 5. The standard InChI is InChI=1S/C17H25Cl2NO4/c1-12(20-24-17(2,3)4)11-22-7-5-6-8-23-16-14(18)9-13(21)10-15(16)19/h9-11,20-21H,5-8H2,1-4H3. The molecule has 1 aromatic carbocycles. The average molecular weight is 378 g/mol. The van der Waals surface area contributed by atoms with Crippen molar-refractivity contribution in [3.63, 3.8) is 0 Å². The minimum Gasteiger partial charge on any atom is -0.508 e. The number of phenolic OH excluding ortho intramolecular Hbond substituents is 1. The van der Waals surface area contributed by atoms with Gasteiger partial charge < -0.3 is 14.6 Å². The molecule has 5 nitrogen and oxygen atoms in total. The minimum absolute atomic E-state index is 0.0111. The normalized spacial score (nSPS) is 12.2. The van der Waals surface area contributed by atoms with E-state index in [9.17, 15) is 5.11 Å². The third-order valence-electron chi connectivity index (χ3n) is 2.66. The van der Waals surface area contributed by atoms with Crippen molar-refractivity contribution in [2.75, 3.05) is 13.2 Å². The predicted octanol–water partition coefficient (Wildman–Crippen LogP) is 5.06. The molecule has 136 valence electrons. The van der Waals surface area contributed by atoms with Crippen LogP contribution in [-0.2, 0) is 9.57 Å². The summed E-state index contributed by atoms with van der Waals surface area (Å²) in [6.07, 6.45) is 3.23. The molecule has 0 spiro atoms. The van der Waals surface area contributed by atoms with E-state index in [2.05, 4.69) is 5.48 Å². The summed E-state index contributed by atoms with van der Waals surface area (Å²) in [5.41, 5.74) is 3.36. The van der Waals surface area contributed by atoms with Crippen LogP contribution in [0.5, 0.6) is 11.5 Å². The lowest BCUT2D eigenvalue weighted by molar-refractivity contribution is -0.0589. The van der Waals surface area contributed by atoms with Gasteiger partial charge in [-0.3, -0.25) is 10.3 Å². The molecule has 0 unspecified atom stereocenters. The first-order valence-electron chi connectivity index (χ1n) is 7.72. The summed E-state index contributed by atoms with van der Waals surface area (Å²) in [6.45, 7) is 8.77. The maximum atomic E-state index is 9.35. The van der Waals surface area contributed by atoms with E-state index in [1.54, 1.807) is 6.26 Å². The Kier molecular flexibility index (Phi) is 8.53. The molecule has 0 aromatic heterocycles. The quantitative estimate of drug-likeness (QED) is 0.358. The van der Waals surface area contributed by atoms with Crippen molar-refractivity contribution in [1.29, 1.82) is 0 Å². The minimum atomic E-state index is -0.261. The zero-order valence-corrected chi connectivity index (χ0v) is 16.0. The van der Waals surface area contributed by atoms with Crippen LogP contribution in [-0.4, -0.2) is 23.9 Å². The number of phenols is 1. The summed E-state index contributed by atoms with van der Waals surface area (Å²) in [5.74, 6) is 0.397. The molecule has 0 radical (unpaired) electrons. The van der Waals surface area contributed by atoms with E-state index in [1.807, 2.05) is 27.7 Å². The van der Waals surface area contributed by atoms with Crippen LogP contribution >= 0.6 is 23.2 Å². The number of hydroxylamine groups is 1. The van der Waals surface area contributed by atoms with E-state index in [0.717, 1.165) is 18.5 Å². The molecule has 0 heterocycles. The van der Waals surface area contributed by atoms with Gasteiger partial charge in [-0.05, 0) is 40.5 Å². The van der Waals surface area contributed by atoms with Crippen LogP contribution in [0, 0.1) is 0 Å². The van der Waals surface area contributed by atoms with Crippen molar-refractivity contribution in [1.82, 2.24) is 5.48 Å². The molecule has 24 heavy (non-hydrogen) atoms.